The molecule has 17 heavy (non-hydrogen) atoms. The molecule has 0 aliphatic rings. The molecule has 0 saturated heterocycles. The smallest absolute Gasteiger partial charge is 0.0749 e. The predicted octanol–water partition coefficient (Wildman–Crippen LogP) is 1.82. The summed E-state index contributed by atoms with van der Waals surface area (Å²) in [5, 5.41) is 7.71. The molecule has 2 aromatic heterocycles. The predicted molar refractivity (Wildman–Crippen MR) is 67.7 cm³/mol. The van der Waals surface area contributed by atoms with E-state index in [1.807, 2.05) is 43.2 Å². The molecule has 4 nitrogen and oxygen atoms in total. The van der Waals surface area contributed by atoms with E-state index in [-0.39, 0.29) is 6.04 Å². The molecule has 0 spiro atoms. The highest BCUT2D eigenvalue weighted by atomic mass is 15.3. The third-order valence-corrected chi connectivity index (χ3v) is 2.82. The quantitative estimate of drug-likeness (QED) is 0.871. The lowest BCUT2D eigenvalue weighted by molar-refractivity contribution is 0.572. The van der Waals surface area contributed by atoms with E-state index in [0.717, 1.165) is 17.9 Å². The van der Waals surface area contributed by atoms with Crippen molar-refractivity contribution in [3.05, 3.63) is 47.5 Å². The van der Waals surface area contributed by atoms with Crippen LogP contribution in [-0.4, -0.2) is 21.3 Å². The number of aryl methyl sites for hydroxylation is 2. The molecule has 0 aliphatic carbocycles. The molecule has 0 saturated carbocycles. The van der Waals surface area contributed by atoms with Crippen molar-refractivity contribution in [3.8, 4) is 0 Å². The van der Waals surface area contributed by atoms with E-state index in [1.165, 1.54) is 5.56 Å². The average molecular weight is 230 g/mol. The fourth-order valence-electron chi connectivity index (χ4n) is 2.01. The van der Waals surface area contributed by atoms with E-state index in [1.54, 1.807) is 0 Å². The van der Waals surface area contributed by atoms with Crippen molar-refractivity contribution in [3.63, 3.8) is 0 Å². The molecule has 0 fully saturated rings. The summed E-state index contributed by atoms with van der Waals surface area (Å²) in [7, 11) is 1.97. The van der Waals surface area contributed by atoms with Gasteiger partial charge < -0.3 is 5.32 Å². The molecular formula is C13H18N4. The first-order valence-electron chi connectivity index (χ1n) is 5.86. The molecule has 0 amide bonds. The molecule has 2 rings (SSSR count). The lowest BCUT2D eigenvalue weighted by Crippen LogP contribution is -2.24. The van der Waals surface area contributed by atoms with Gasteiger partial charge in [-0.05, 0) is 37.2 Å². The zero-order valence-corrected chi connectivity index (χ0v) is 10.5. The van der Waals surface area contributed by atoms with E-state index < -0.39 is 0 Å². The molecule has 0 aromatic carbocycles. The van der Waals surface area contributed by atoms with Crippen LogP contribution in [0.5, 0.6) is 0 Å². The van der Waals surface area contributed by atoms with Crippen LogP contribution in [0.3, 0.4) is 0 Å². The molecule has 1 unspecified atom stereocenters. The van der Waals surface area contributed by atoms with Crippen LogP contribution in [0.15, 0.2) is 30.6 Å². The molecule has 2 aromatic rings. The van der Waals surface area contributed by atoms with E-state index in [9.17, 15) is 0 Å². The van der Waals surface area contributed by atoms with Crippen molar-refractivity contribution in [2.75, 3.05) is 6.54 Å². The Morgan fingerprint density at radius 2 is 2.18 bits per heavy atom. The summed E-state index contributed by atoms with van der Waals surface area (Å²) in [6.45, 7) is 5.03. The first kappa shape index (κ1) is 11.8. The van der Waals surface area contributed by atoms with Crippen LogP contribution in [0.2, 0.25) is 0 Å². The summed E-state index contributed by atoms with van der Waals surface area (Å²) < 4.78 is 1.91. The first-order valence-corrected chi connectivity index (χ1v) is 5.86. The van der Waals surface area contributed by atoms with Gasteiger partial charge in [0.25, 0.3) is 0 Å². The second kappa shape index (κ2) is 5.10. The molecular weight excluding hydrogens is 212 g/mol. The third-order valence-electron chi connectivity index (χ3n) is 2.82. The lowest BCUT2D eigenvalue weighted by Gasteiger charge is -2.18. The van der Waals surface area contributed by atoms with Gasteiger partial charge in [0.2, 0.25) is 0 Å². The second-order valence-electron chi connectivity index (χ2n) is 4.10. The van der Waals surface area contributed by atoms with Gasteiger partial charge in [-0.2, -0.15) is 5.10 Å². The van der Waals surface area contributed by atoms with Crippen LogP contribution in [0.4, 0.5) is 0 Å². The Bertz CT molecular complexity index is 490. The minimum atomic E-state index is 0.175. The topological polar surface area (TPSA) is 42.7 Å². The van der Waals surface area contributed by atoms with Crippen LogP contribution >= 0.6 is 0 Å². The Kier molecular flexibility index (Phi) is 3.54. The summed E-state index contributed by atoms with van der Waals surface area (Å²) in [6.07, 6.45) is 3.68. The fourth-order valence-corrected chi connectivity index (χ4v) is 2.01. The largest absolute Gasteiger partial charge is 0.305 e. The van der Waals surface area contributed by atoms with Gasteiger partial charge in [0.1, 0.15) is 0 Å². The van der Waals surface area contributed by atoms with Gasteiger partial charge >= 0.3 is 0 Å². The molecule has 1 atom stereocenters. The van der Waals surface area contributed by atoms with Crippen LogP contribution < -0.4 is 5.32 Å². The van der Waals surface area contributed by atoms with Crippen LogP contribution in [-0.2, 0) is 7.05 Å². The molecule has 0 radical (unpaired) electrons. The summed E-state index contributed by atoms with van der Waals surface area (Å²) in [5.74, 6) is 0. The van der Waals surface area contributed by atoms with Gasteiger partial charge in [0.15, 0.2) is 0 Å². The van der Waals surface area contributed by atoms with Gasteiger partial charge in [0.05, 0.1) is 11.7 Å². The van der Waals surface area contributed by atoms with E-state index >= 15 is 0 Å². The van der Waals surface area contributed by atoms with Crippen molar-refractivity contribution in [2.24, 2.45) is 7.05 Å². The van der Waals surface area contributed by atoms with Crippen molar-refractivity contribution >= 4 is 0 Å². The van der Waals surface area contributed by atoms with Gasteiger partial charge in [-0.15, -0.1) is 0 Å². The van der Waals surface area contributed by atoms with Crippen molar-refractivity contribution < 1.29 is 0 Å². The van der Waals surface area contributed by atoms with E-state index in [2.05, 4.69) is 28.4 Å². The van der Waals surface area contributed by atoms with Crippen LogP contribution in [0.25, 0.3) is 0 Å². The summed E-state index contributed by atoms with van der Waals surface area (Å²) in [5.41, 5.74) is 3.42. The minimum absolute atomic E-state index is 0.175. The average Bonchev–Trinajstić information content (AvgIpc) is 2.72. The zero-order valence-electron chi connectivity index (χ0n) is 10.5. The molecule has 4 heteroatoms. The number of pyridine rings is 1. The van der Waals surface area contributed by atoms with Crippen molar-refractivity contribution in [1.82, 2.24) is 20.1 Å². The van der Waals surface area contributed by atoms with Crippen LogP contribution in [0.1, 0.15) is 29.9 Å². The zero-order chi connectivity index (χ0) is 12.3. The Labute approximate surface area is 102 Å². The molecule has 90 valence electrons. The minimum Gasteiger partial charge on any atom is -0.305 e. The van der Waals surface area contributed by atoms with Gasteiger partial charge in [-0.25, -0.2) is 0 Å². The fraction of sp³-hybridized carbons (Fsp3) is 0.385. The Morgan fingerprint density at radius 3 is 2.76 bits per heavy atom. The van der Waals surface area contributed by atoms with E-state index in [4.69, 9.17) is 0 Å². The number of aromatic nitrogens is 3. The Balaban J connectivity index is 2.39. The first-order chi connectivity index (χ1) is 8.22. The molecule has 0 bridgehead atoms. The van der Waals surface area contributed by atoms with Gasteiger partial charge in [-0.1, -0.05) is 6.92 Å². The highest BCUT2D eigenvalue weighted by Gasteiger charge is 2.16. The summed E-state index contributed by atoms with van der Waals surface area (Å²) >= 11 is 0. The summed E-state index contributed by atoms with van der Waals surface area (Å²) in [6, 6.07) is 6.38. The molecule has 2 heterocycles. The van der Waals surface area contributed by atoms with Gasteiger partial charge in [0, 0.05) is 25.1 Å². The molecule has 0 aliphatic heterocycles. The van der Waals surface area contributed by atoms with Crippen molar-refractivity contribution in [1.29, 1.82) is 0 Å². The normalized spacial score (nSPS) is 12.6. The van der Waals surface area contributed by atoms with Gasteiger partial charge in [-0.3, -0.25) is 9.67 Å². The van der Waals surface area contributed by atoms with Crippen LogP contribution in [0, 0.1) is 6.92 Å². The Morgan fingerprint density at radius 1 is 1.35 bits per heavy atom. The van der Waals surface area contributed by atoms with Crippen molar-refractivity contribution in [2.45, 2.75) is 19.9 Å². The molecule has 1 N–H and O–H groups in total. The number of hydrogen-bond acceptors (Lipinski definition) is 3. The second-order valence-corrected chi connectivity index (χ2v) is 4.10. The Hall–Kier alpha value is -1.68. The third kappa shape index (κ3) is 2.53. The number of rotatable bonds is 4. The summed E-state index contributed by atoms with van der Waals surface area (Å²) in [4.78, 5) is 4.24. The standard InChI is InChI=1S/C13H18N4/c1-4-14-13(12-6-8-16-17(12)3)11-5-7-15-10(2)9-11/h5-9,13-14H,4H2,1-3H3. The number of nitrogens with one attached hydrogen (secondary N) is 1. The maximum atomic E-state index is 4.24. The number of nitrogens with zero attached hydrogens (tertiary/aromatic N) is 3. The van der Waals surface area contributed by atoms with E-state index in [0.29, 0.717) is 0 Å². The maximum absolute atomic E-state index is 4.24. The monoisotopic (exact) mass is 230 g/mol. The number of hydrogen-bond donors (Lipinski definition) is 1. The lowest BCUT2D eigenvalue weighted by atomic mass is 10.0. The highest BCUT2D eigenvalue weighted by Crippen LogP contribution is 2.21. The SMILES string of the molecule is CCNC(c1ccnc(C)c1)c1ccnn1C. The highest BCUT2D eigenvalue weighted by molar-refractivity contribution is 5.27. The maximum Gasteiger partial charge on any atom is 0.0749 e.